The maximum absolute atomic E-state index is 5.85. The third-order valence-corrected chi connectivity index (χ3v) is 2.99. The summed E-state index contributed by atoms with van der Waals surface area (Å²) in [6, 6.07) is 0. The predicted octanol–water partition coefficient (Wildman–Crippen LogP) is 1.95. The van der Waals surface area contributed by atoms with E-state index in [4.69, 9.17) is 11.6 Å². The van der Waals surface area contributed by atoms with Crippen molar-refractivity contribution in [2.24, 2.45) is 0 Å². The van der Waals surface area contributed by atoms with Crippen LogP contribution < -0.4 is 0 Å². The lowest BCUT2D eigenvalue weighted by molar-refractivity contribution is 0.288. The summed E-state index contributed by atoms with van der Waals surface area (Å²) in [6.45, 7) is 2.90. The maximum Gasteiger partial charge on any atom is 0.167 e. The van der Waals surface area contributed by atoms with Gasteiger partial charge in [-0.25, -0.2) is 0 Å². The quantitative estimate of drug-likeness (QED) is 0.707. The zero-order chi connectivity index (χ0) is 9.10. The molecule has 0 aliphatic carbocycles. The van der Waals surface area contributed by atoms with Crippen LogP contribution in [0.3, 0.4) is 0 Å². The molecule has 1 aliphatic heterocycles. The van der Waals surface area contributed by atoms with Gasteiger partial charge in [-0.1, -0.05) is 23.8 Å². The minimum absolute atomic E-state index is 0.555. The van der Waals surface area contributed by atoms with Crippen LogP contribution in [0.25, 0.3) is 0 Å². The van der Waals surface area contributed by atoms with E-state index in [9.17, 15) is 0 Å². The molecular weight excluding hydrogens is 206 g/mol. The van der Waals surface area contributed by atoms with E-state index in [0.29, 0.717) is 5.15 Å². The molecule has 13 heavy (non-hydrogen) atoms. The second-order valence-corrected chi connectivity index (χ2v) is 3.88. The molecule has 0 radical (unpaired) electrons. The maximum atomic E-state index is 5.85. The molecule has 2 rings (SSSR count). The summed E-state index contributed by atoms with van der Waals surface area (Å²) in [4.78, 5) is 2.31. The zero-order valence-corrected chi connectivity index (χ0v) is 8.68. The van der Waals surface area contributed by atoms with Crippen LogP contribution in [0.4, 0.5) is 0 Å². The Morgan fingerprint density at radius 2 is 2.38 bits per heavy atom. The third-order valence-electron chi connectivity index (χ3n) is 2.03. The van der Waals surface area contributed by atoms with Gasteiger partial charge in [0.15, 0.2) is 5.15 Å². The summed E-state index contributed by atoms with van der Waals surface area (Å²) in [5.74, 6) is 0. The van der Waals surface area contributed by atoms with E-state index in [-0.39, 0.29) is 0 Å². The summed E-state index contributed by atoms with van der Waals surface area (Å²) in [6.07, 6.45) is 5.50. The standard InChI is InChI=1S/C8H10ClN3S/c9-8-7(10-13-11-8)6-12-4-2-1-3-5-12/h1-2H,3-6H2. The lowest BCUT2D eigenvalue weighted by Gasteiger charge is -2.21. The van der Waals surface area contributed by atoms with Gasteiger partial charge in [-0.05, 0) is 6.42 Å². The Hall–Kier alpha value is -0.450. The Morgan fingerprint density at radius 3 is 3.00 bits per heavy atom. The minimum Gasteiger partial charge on any atom is -0.293 e. The van der Waals surface area contributed by atoms with Crippen molar-refractivity contribution in [3.8, 4) is 0 Å². The average molecular weight is 216 g/mol. The van der Waals surface area contributed by atoms with Crippen LogP contribution in [0.2, 0.25) is 5.15 Å². The molecule has 0 amide bonds. The molecule has 0 saturated heterocycles. The van der Waals surface area contributed by atoms with Gasteiger partial charge in [-0.3, -0.25) is 4.90 Å². The molecule has 2 heterocycles. The summed E-state index contributed by atoms with van der Waals surface area (Å²) >= 11 is 7.03. The van der Waals surface area contributed by atoms with Crippen molar-refractivity contribution in [1.29, 1.82) is 0 Å². The molecule has 0 spiro atoms. The number of nitrogens with zero attached hydrogens (tertiary/aromatic N) is 3. The molecule has 3 nitrogen and oxygen atoms in total. The molecule has 1 aliphatic rings. The van der Waals surface area contributed by atoms with E-state index in [1.165, 1.54) is 11.7 Å². The highest BCUT2D eigenvalue weighted by Gasteiger charge is 2.11. The second-order valence-electron chi connectivity index (χ2n) is 3.00. The first-order valence-electron chi connectivity index (χ1n) is 4.20. The lowest BCUT2D eigenvalue weighted by Crippen LogP contribution is -2.26. The molecular formula is C8H10ClN3S. The van der Waals surface area contributed by atoms with Gasteiger partial charge < -0.3 is 0 Å². The molecule has 1 aromatic heterocycles. The average Bonchev–Trinajstić information content (AvgIpc) is 2.54. The van der Waals surface area contributed by atoms with E-state index in [1.54, 1.807) is 0 Å². The lowest BCUT2D eigenvalue weighted by atomic mass is 10.2. The number of hydrogen-bond donors (Lipinski definition) is 0. The Bertz CT molecular complexity index is 310. The first kappa shape index (κ1) is 9.12. The Kier molecular flexibility index (Phi) is 2.93. The number of hydrogen-bond acceptors (Lipinski definition) is 4. The van der Waals surface area contributed by atoms with E-state index in [2.05, 4.69) is 25.8 Å². The topological polar surface area (TPSA) is 29.0 Å². The van der Waals surface area contributed by atoms with Gasteiger partial charge in [-0.2, -0.15) is 8.75 Å². The van der Waals surface area contributed by atoms with Crippen LogP contribution in [0.1, 0.15) is 12.1 Å². The normalized spacial score (nSPS) is 17.9. The fourth-order valence-corrected chi connectivity index (χ4v) is 2.04. The molecule has 0 aromatic carbocycles. The van der Waals surface area contributed by atoms with Crippen LogP contribution >= 0.6 is 23.3 Å². The first-order chi connectivity index (χ1) is 6.36. The van der Waals surface area contributed by atoms with Crippen LogP contribution in [-0.4, -0.2) is 26.7 Å². The van der Waals surface area contributed by atoms with Gasteiger partial charge in [0.25, 0.3) is 0 Å². The van der Waals surface area contributed by atoms with Gasteiger partial charge in [0, 0.05) is 19.6 Å². The van der Waals surface area contributed by atoms with E-state index < -0.39 is 0 Å². The van der Waals surface area contributed by atoms with Crippen molar-refractivity contribution in [3.63, 3.8) is 0 Å². The second kappa shape index (κ2) is 4.17. The summed E-state index contributed by atoms with van der Waals surface area (Å²) in [7, 11) is 0. The summed E-state index contributed by atoms with van der Waals surface area (Å²) < 4.78 is 8.08. The number of halogens is 1. The fourth-order valence-electron chi connectivity index (χ4n) is 1.34. The van der Waals surface area contributed by atoms with Crippen molar-refractivity contribution < 1.29 is 0 Å². The SMILES string of the molecule is Clc1nsnc1CN1CC=CCC1. The molecule has 5 heteroatoms. The Labute approximate surface area is 86.4 Å². The third kappa shape index (κ3) is 2.27. The molecule has 1 aromatic rings. The largest absolute Gasteiger partial charge is 0.293 e. The smallest absolute Gasteiger partial charge is 0.167 e. The molecule has 0 saturated carbocycles. The van der Waals surface area contributed by atoms with Gasteiger partial charge >= 0.3 is 0 Å². The van der Waals surface area contributed by atoms with Gasteiger partial charge in [0.1, 0.15) is 5.69 Å². The van der Waals surface area contributed by atoms with Gasteiger partial charge in [-0.15, -0.1) is 0 Å². The van der Waals surface area contributed by atoms with Crippen molar-refractivity contribution in [1.82, 2.24) is 13.6 Å². The molecule has 0 fully saturated rings. The number of aromatic nitrogens is 2. The van der Waals surface area contributed by atoms with Crippen molar-refractivity contribution in [3.05, 3.63) is 23.0 Å². The van der Waals surface area contributed by atoms with Crippen LogP contribution in [0.15, 0.2) is 12.2 Å². The first-order valence-corrected chi connectivity index (χ1v) is 5.31. The van der Waals surface area contributed by atoms with Crippen LogP contribution in [0, 0.1) is 0 Å². The Balaban J connectivity index is 1.98. The fraction of sp³-hybridized carbons (Fsp3) is 0.500. The summed E-state index contributed by atoms with van der Waals surface area (Å²) in [5.41, 5.74) is 0.905. The van der Waals surface area contributed by atoms with E-state index in [1.807, 2.05) is 0 Å². The summed E-state index contributed by atoms with van der Waals surface area (Å²) in [5, 5.41) is 0.555. The molecule has 70 valence electrons. The predicted molar refractivity (Wildman–Crippen MR) is 54.0 cm³/mol. The van der Waals surface area contributed by atoms with Crippen LogP contribution in [-0.2, 0) is 6.54 Å². The highest BCUT2D eigenvalue weighted by atomic mass is 35.5. The molecule has 0 atom stereocenters. The van der Waals surface area contributed by atoms with Gasteiger partial charge in [0.05, 0.1) is 11.7 Å². The Morgan fingerprint density at radius 1 is 1.46 bits per heavy atom. The van der Waals surface area contributed by atoms with Crippen LogP contribution in [0.5, 0.6) is 0 Å². The molecule has 0 N–H and O–H groups in total. The van der Waals surface area contributed by atoms with Crippen molar-refractivity contribution in [2.45, 2.75) is 13.0 Å². The van der Waals surface area contributed by atoms with Gasteiger partial charge in [0.2, 0.25) is 0 Å². The van der Waals surface area contributed by atoms with E-state index in [0.717, 1.165) is 31.7 Å². The monoisotopic (exact) mass is 215 g/mol. The highest BCUT2D eigenvalue weighted by Crippen LogP contribution is 2.15. The molecule has 0 unspecified atom stereocenters. The molecule has 0 bridgehead atoms. The van der Waals surface area contributed by atoms with Crippen molar-refractivity contribution >= 4 is 23.3 Å². The highest BCUT2D eigenvalue weighted by molar-refractivity contribution is 6.99. The number of rotatable bonds is 2. The minimum atomic E-state index is 0.555. The van der Waals surface area contributed by atoms with E-state index >= 15 is 0 Å². The zero-order valence-electron chi connectivity index (χ0n) is 7.11. The van der Waals surface area contributed by atoms with Crippen molar-refractivity contribution in [2.75, 3.05) is 13.1 Å².